The first-order valence-electron chi connectivity index (χ1n) is 5.02. The van der Waals surface area contributed by atoms with Crippen LogP contribution in [0.1, 0.15) is 23.8 Å². The summed E-state index contributed by atoms with van der Waals surface area (Å²) < 4.78 is 0. The molecule has 0 bridgehead atoms. The van der Waals surface area contributed by atoms with Crippen LogP contribution in [0.2, 0.25) is 0 Å². The number of carbonyl (C=O) groups excluding carboxylic acids is 1. The predicted octanol–water partition coefficient (Wildman–Crippen LogP) is 1.29. The van der Waals surface area contributed by atoms with Gasteiger partial charge in [0, 0.05) is 16.7 Å². The van der Waals surface area contributed by atoms with Gasteiger partial charge in [0.15, 0.2) is 0 Å². The fourth-order valence-electron chi connectivity index (χ4n) is 2.31. The minimum Gasteiger partial charge on any atom is -0.480 e. The number of hydrogen-bond acceptors (Lipinski definition) is 3. The van der Waals surface area contributed by atoms with Gasteiger partial charge in [0.2, 0.25) is 5.91 Å². The SMILES string of the molecule is Cc1ccsc1C1(C)CC(=O)NC1C(=O)O. The van der Waals surface area contributed by atoms with Gasteiger partial charge in [-0.25, -0.2) is 4.79 Å². The fourth-order valence-corrected chi connectivity index (χ4v) is 3.43. The van der Waals surface area contributed by atoms with Crippen LogP contribution in [-0.2, 0) is 15.0 Å². The molecule has 1 aromatic rings. The Labute approximate surface area is 97.3 Å². The first kappa shape index (κ1) is 11.1. The number of hydrogen-bond donors (Lipinski definition) is 2. The van der Waals surface area contributed by atoms with Crippen LogP contribution in [0.25, 0.3) is 0 Å². The predicted molar refractivity (Wildman–Crippen MR) is 60.6 cm³/mol. The molecule has 2 heterocycles. The molecule has 4 nitrogen and oxygen atoms in total. The fraction of sp³-hybridized carbons (Fsp3) is 0.455. The highest BCUT2D eigenvalue weighted by atomic mass is 32.1. The minimum absolute atomic E-state index is 0.192. The number of aryl methyl sites for hydroxylation is 1. The van der Waals surface area contributed by atoms with Gasteiger partial charge in [-0.3, -0.25) is 4.79 Å². The number of rotatable bonds is 2. The summed E-state index contributed by atoms with van der Waals surface area (Å²) >= 11 is 1.51. The topological polar surface area (TPSA) is 66.4 Å². The average molecular weight is 239 g/mol. The maximum Gasteiger partial charge on any atom is 0.327 e. The lowest BCUT2D eigenvalue weighted by atomic mass is 9.79. The van der Waals surface area contributed by atoms with Crippen molar-refractivity contribution in [1.82, 2.24) is 5.32 Å². The number of carboxylic acid groups (broad SMARTS) is 1. The van der Waals surface area contributed by atoms with Crippen molar-refractivity contribution in [3.8, 4) is 0 Å². The van der Waals surface area contributed by atoms with Gasteiger partial charge >= 0.3 is 5.97 Å². The van der Waals surface area contributed by atoms with Crippen LogP contribution in [0.3, 0.4) is 0 Å². The Bertz CT molecular complexity index is 454. The van der Waals surface area contributed by atoms with E-state index in [1.54, 1.807) is 0 Å². The van der Waals surface area contributed by atoms with Gasteiger partial charge < -0.3 is 10.4 Å². The molecule has 1 saturated heterocycles. The summed E-state index contributed by atoms with van der Waals surface area (Å²) in [6.45, 7) is 3.78. The average Bonchev–Trinajstić information content (AvgIpc) is 2.71. The molecule has 1 aliphatic heterocycles. The van der Waals surface area contributed by atoms with Crippen LogP contribution in [0.15, 0.2) is 11.4 Å². The molecule has 1 aromatic heterocycles. The highest BCUT2D eigenvalue weighted by molar-refractivity contribution is 7.10. The van der Waals surface area contributed by atoms with E-state index in [1.807, 2.05) is 25.3 Å². The lowest BCUT2D eigenvalue weighted by Crippen LogP contribution is -2.44. The van der Waals surface area contributed by atoms with Crippen molar-refractivity contribution in [2.45, 2.75) is 31.7 Å². The minimum atomic E-state index is -0.971. The van der Waals surface area contributed by atoms with Gasteiger partial charge in [-0.05, 0) is 23.9 Å². The quantitative estimate of drug-likeness (QED) is 0.817. The van der Waals surface area contributed by atoms with Crippen LogP contribution in [0.4, 0.5) is 0 Å². The molecule has 0 spiro atoms. The smallest absolute Gasteiger partial charge is 0.327 e. The van der Waals surface area contributed by atoms with Crippen LogP contribution in [-0.4, -0.2) is 23.0 Å². The Balaban J connectivity index is 2.47. The number of thiophene rings is 1. The van der Waals surface area contributed by atoms with Crippen molar-refractivity contribution in [3.63, 3.8) is 0 Å². The summed E-state index contributed by atoms with van der Waals surface area (Å²) in [5.74, 6) is -1.16. The van der Waals surface area contributed by atoms with Gasteiger partial charge in [-0.15, -0.1) is 11.3 Å². The summed E-state index contributed by atoms with van der Waals surface area (Å²) in [6.07, 6.45) is 0.241. The number of amides is 1. The third kappa shape index (κ3) is 1.51. The third-order valence-corrected chi connectivity index (χ3v) is 4.39. The Kier molecular flexibility index (Phi) is 2.50. The largest absolute Gasteiger partial charge is 0.480 e. The molecule has 0 radical (unpaired) electrons. The standard InChI is InChI=1S/C11H13NO3S/c1-6-3-4-16-9(6)11(2)5-7(13)12-8(11)10(14)15/h3-4,8H,5H2,1-2H3,(H,12,13)(H,14,15). The van der Waals surface area contributed by atoms with E-state index in [2.05, 4.69) is 5.32 Å². The Morgan fingerprint density at radius 1 is 1.69 bits per heavy atom. The van der Waals surface area contributed by atoms with Crippen LogP contribution >= 0.6 is 11.3 Å². The summed E-state index contributed by atoms with van der Waals surface area (Å²) in [6, 6.07) is 1.13. The Morgan fingerprint density at radius 3 is 2.88 bits per heavy atom. The zero-order chi connectivity index (χ0) is 11.9. The maximum absolute atomic E-state index is 11.4. The van der Waals surface area contributed by atoms with Gasteiger partial charge in [0.25, 0.3) is 0 Å². The maximum atomic E-state index is 11.4. The van der Waals surface area contributed by atoms with E-state index in [9.17, 15) is 9.59 Å². The molecule has 0 saturated carbocycles. The van der Waals surface area contributed by atoms with Gasteiger partial charge in [0.05, 0.1) is 0 Å². The molecule has 1 aliphatic rings. The molecule has 16 heavy (non-hydrogen) atoms. The van der Waals surface area contributed by atoms with E-state index < -0.39 is 17.4 Å². The molecular weight excluding hydrogens is 226 g/mol. The third-order valence-electron chi connectivity index (χ3n) is 3.10. The van der Waals surface area contributed by atoms with E-state index in [-0.39, 0.29) is 12.3 Å². The van der Waals surface area contributed by atoms with Crippen molar-refractivity contribution < 1.29 is 14.7 Å². The zero-order valence-electron chi connectivity index (χ0n) is 9.11. The number of carbonyl (C=O) groups is 2. The van der Waals surface area contributed by atoms with E-state index in [4.69, 9.17) is 5.11 Å². The van der Waals surface area contributed by atoms with Crippen LogP contribution < -0.4 is 5.32 Å². The van der Waals surface area contributed by atoms with Crippen molar-refractivity contribution in [3.05, 3.63) is 21.9 Å². The molecule has 2 unspecified atom stereocenters. The molecule has 2 N–H and O–H groups in total. The second-order valence-corrected chi connectivity index (χ2v) is 5.28. The van der Waals surface area contributed by atoms with Crippen molar-refractivity contribution >= 4 is 23.2 Å². The van der Waals surface area contributed by atoms with Crippen LogP contribution in [0.5, 0.6) is 0 Å². The first-order chi connectivity index (χ1) is 7.45. The molecule has 86 valence electrons. The molecule has 2 atom stereocenters. The van der Waals surface area contributed by atoms with Gasteiger partial charge in [0.1, 0.15) is 6.04 Å². The van der Waals surface area contributed by atoms with Crippen molar-refractivity contribution in [1.29, 1.82) is 0 Å². The molecule has 0 aliphatic carbocycles. The van der Waals surface area contributed by atoms with E-state index in [0.29, 0.717) is 0 Å². The summed E-state index contributed by atoms with van der Waals surface area (Å²) in [4.78, 5) is 23.6. The van der Waals surface area contributed by atoms with E-state index >= 15 is 0 Å². The second kappa shape index (κ2) is 3.59. The molecule has 1 fully saturated rings. The van der Waals surface area contributed by atoms with Crippen LogP contribution in [0, 0.1) is 6.92 Å². The Hall–Kier alpha value is -1.36. The molecule has 1 amide bonds. The highest BCUT2D eigenvalue weighted by Crippen LogP contribution is 2.40. The Morgan fingerprint density at radius 2 is 2.38 bits per heavy atom. The molecule has 2 rings (SSSR count). The van der Waals surface area contributed by atoms with Gasteiger partial charge in [-0.1, -0.05) is 6.92 Å². The summed E-state index contributed by atoms with van der Waals surface area (Å²) in [7, 11) is 0. The van der Waals surface area contributed by atoms with Crippen molar-refractivity contribution in [2.75, 3.05) is 0 Å². The molecular formula is C11H13NO3S. The second-order valence-electron chi connectivity index (χ2n) is 4.37. The number of nitrogens with one attached hydrogen (secondary N) is 1. The normalized spacial score (nSPS) is 29.1. The lowest BCUT2D eigenvalue weighted by molar-refractivity contribution is -0.141. The lowest BCUT2D eigenvalue weighted by Gasteiger charge is -2.26. The van der Waals surface area contributed by atoms with E-state index in [0.717, 1.165) is 10.4 Å². The molecule has 5 heteroatoms. The number of aliphatic carboxylic acids is 1. The monoisotopic (exact) mass is 239 g/mol. The summed E-state index contributed by atoms with van der Waals surface area (Å²) in [5, 5.41) is 13.6. The first-order valence-corrected chi connectivity index (χ1v) is 5.90. The summed E-state index contributed by atoms with van der Waals surface area (Å²) in [5.41, 5.74) is 0.427. The molecule has 0 aromatic carbocycles. The number of carboxylic acids is 1. The van der Waals surface area contributed by atoms with Gasteiger partial charge in [-0.2, -0.15) is 0 Å². The zero-order valence-corrected chi connectivity index (χ0v) is 9.93. The van der Waals surface area contributed by atoms with E-state index in [1.165, 1.54) is 11.3 Å². The van der Waals surface area contributed by atoms with Crippen molar-refractivity contribution in [2.24, 2.45) is 0 Å². The highest BCUT2D eigenvalue weighted by Gasteiger charge is 2.49.